The monoisotopic (exact) mass is 409 g/mol. The van der Waals surface area contributed by atoms with Gasteiger partial charge in [0.05, 0.1) is 30.0 Å². The van der Waals surface area contributed by atoms with Crippen LogP contribution in [-0.4, -0.2) is 7.11 Å². The second-order valence-electron chi connectivity index (χ2n) is 5.78. The fourth-order valence-electron chi connectivity index (χ4n) is 2.57. The number of benzene rings is 2. The van der Waals surface area contributed by atoms with Crippen LogP contribution in [0.1, 0.15) is 16.9 Å². The van der Waals surface area contributed by atoms with Crippen LogP contribution < -0.4 is 14.8 Å². The van der Waals surface area contributed by atoms with Crippen LogP contribution in [0, 0.1) is 5.82 Å². The minimum Gasteiger partial charge on any atom is -0.493 e. The molecule has 27 heavy (non-hydrogen) atoms. The molecule has 2 aromatic carbocycles. The number of methoxy groups -OCH3 is 1. The third kappa shape index (κ3) is 4.95. The fourth-order valence-corrected chi connectivity index (χ4v) is 3.08. The van der Waals surface area contributed by atoms with Crippen LogP contribution in [0.3, 0.4) is 0 Å². The van der Waals surface area contributed by atoms with E-state index in [2.05, 4.69) is 5.32 Å². The van der Waals surface area contributed by atoms with E-state index in [1.54, 1.807) is 24.5 Å². The number of furan rings is 1. The van der Waals surface area contributed by atoms with Gasteiger partial charge in [0.15, 0.2) is 11.5 Å². The van der Waals surface area contributed by atoms with Crippen molar-refractivity contribution in [1.82, 2.24) is 5.32 Å². The molecule has 1 aromatic heterocycles. The Morgan fingerprint density at radius 1 is 1.07 bits per heavy atom. The Kier molecular flexibility index (Phi) is 6.61. The zero-order valence-electron chi connectivity index (χ0n) is 14.6. The molecule has 0 aliphatic heterocycles. The highest BCUT2D eigenvalue weighted by atomic mass is 35.5. The first kappa shape index (κ1) is 19.5. The van der Waals surface area contributed by atoms with Gasteiger partial charge in [-0.2, -0.15) is 0 Å². The number of hydrogen-bond donors (Lipinski definition) is 1. The van der Waals surface area contributed by atoms with Crippen molar-refractivity contribution < 1.29 is 18.3 Å². The molecular weight excluding hydrogens is 392 g/mol. The highest BCUT2D eigenvalue weighted by Gasteiger charge is 2.15. The van der Waals surface area contributed by atoms with Crippen molar-refractivity contribution in [3.8, 4) is 11.5 Å². The average molecular weight is 410 g/mol. The maximum atomic E-state index is 13.9. The molecule has 0 saturated heterocycles. The minimum absolute atomic E-state index is 0.0579. The molecule has 0 radical (unpaired) electrons. The van der Waals surface area contributed by atoms with Gasteiger partial charge in [-0.25, -0.2) is 4.39 Å². The summed E-state index contributed by atoms with van der Waals surface area (Å²) in [5.41, 5.74) is 1.18. The number of halogens is 3. The lowest BCUT2D eigenvalue weighted by Gasteiger charge is -2.15. The van der Waals surface area contributed by atoms with Gasteiger partial charge in [0.25, 0.3) is 0 Å². The summed E-state index contributed by atoms with van der Waals surface area (Å²) in [6, 6.07) is 11.8. The van der Waals surface area contributed by atoms with Crippen LogP contribution in [0.4, 0.5) is 4.39 Å². The van der Waals surface area contributed by atoms with E-state index in [9.17, 15) is 4.39 Å². The summed E-state index contributed by atoms with van der Waals surface area (Å²) in [7, 11) is 1.52. The standard InChI is InChI=1S/C20H18Cl2FNO3/c1-25-19-9-13(10-24-11-14-4-3-7-26-14)8-17(22)20(19)27-12-15-16(21)5-2-6-18(15)23/h2-9,24H,10-12H2,1H3. The maximum Gasteiger partial charge on any atom is 0.180 e. The van der Waals surface area contributed by atoms with E-state index in [-0.39, 0.29) is 12.2 Å². The zero-order chi connectivity index (χ0) is 19.2. The van der Waals surface area contributed by atoms with Crippen molar-refractivity contribution >= 4 is 23.2 Å². The molecule has 0 aliphatic carbocycles. The summed E-state index contributed by atoms with van der Waals surface area (Å²) in [6.07, 6.45) is 1.63. The summed E-state index contributed by atoms with van der Waals surface area (Å²) in [5.74, 6) is 1.21. The summed E-state index contributed by atoms with van der Waals surface area (Å²) < 4.78 is 30.3. The van der Waals surface area contributed by atoms with Gasteiger partial charge in [-0.1, -0.05) is 29.3 Å². The van der Waals surface area contributed by atoms with Gasteiger partial charge in [-0.15, -0.1) is 0 Å². The molecule has 0 saturated carbocycles. The molecule has 0 amide bonds. The van der Waals surface area contributed by atoms with Gasteiger partial charge < -0.3 is 19.2 Å². The summed E-state index contributed by atoms with van der Waals surface area (Å²) in [5, 5.41) is 3.93. The Hall–Kier alpha value is -2.21. The summed E-state index contributed by atoms with van der Waals surface area (Å²) in [4.78, 5) is 0. The van der Waals surface area contributed by atoms with E-state index in [0.717, 1.165) is 11.3 Å². The first-order chi connectivity index (χ1) is 13.1. The summed E-state index contributed by atoms with van der Waals surface area (Å²) >= 11 is 12.4. The Morgan fingerprint density at radius 3 is 2.63 bits per heavy atom. The van der Waals surface area contributed by atoms with Gasteiger partial charge in [0.1, 0.15) is 18.2 Å². The second kappa shape index (κ2) is 9.13. The third-order valence-corrected chi connectivity index (χ3v) is 4.56. The highest BCUT2D eigenvalue weighted by molar-refractivity contribution is 6.32. The van der Waals surface area contributed by atoms with Gasteiger partial charge in [-0.05, 0) is 42.0 Å². The molecule has 7 heteroatoms. The predicted octanol–water partition coefficient (Wildman–Crippen LogP) is 5.60. The molecule has 4 nitrogen and oxygen atoms in total. The largest absolute Gasteiger partial charge is 0.493 e. The quantitative estimate of drug-likeness (QED) is 0.525. The first-order valence-electron chi connectivity index (χ1n) is 8.23. The van der Waals surface area contributed by atoms with Crippen LogP contribution in [0.15, 0.2) is 53.1 Å². The SMILES string of the molecule is COc1cc(CNCc2ccco2)cc(Cl)c1OCc1c(F)cccc1Cl. The third-order valence-electron chi connectivity index (χ3n) is 3.92. The van der Waals surface area contributed by atoms with E-state index >= 15 is 0 Å². The molecule has 1 heterocycles. The Morgan fingerprint density at radius 2 is 1.93 bits per heavy atom. The Balaban J connectivity index is 1.70. The van der Waals surface area contributed by atoms with Crippen LogP contribution in [0.2, 0.25) is 10.0 Å². The van der Waals surface area contributed by atoms with Crippen molar-refractivity contribution in [3.63, 3.8) is 0 Å². The molecule has 1 N–H and O–H groups in total. The van der Waals surface area contributed by atoms with E-state index in [4.69, 9.17) is 37.1 Å². The molecule has 0 bridgehead atoms. The molecule has 0 unspecified atom stereocenters. The lowest BCUT2D eigenvalue weighted by atomic mass is 10.2. The van der Waals surface area contributed by atoms with Crippen LogP contribution in [0.5, 0.6) is 11.5 Å². The normalized spacial score (nSPS) is 10.8. The smallest absolute Gasteiger partial charge is 0.180 e. The lowest BCUT2D eigenvalue weighted by molar-refractivity contribution is 0.280. The van der Waals surface area contributed by atoms with Crippen LogP contribution in [0.25, 0.3) is 0 Å². The molecule has 0 fully saturated rings. The van der Waals surface area contributed by atoms with Gasteiger partial charge in [-0.3, -0.25) is 0 Å². The van der Waals surface area contributed by atoms with Gasteiger partial charge in [0.2, 0.25) is 0 Å². The van der Waals surface area contributed by atoms with E-state index in [0.29, 0.717) is 34.6 Å². The van der Waals surface area contributed by atoms with E-state index in [1.807, 2.05) is 18.2 Å². The minimum atomic E-state index is -0.434. The average Bonchev–Trinajstić information content (AvgIpc) is 3.15. The van der Waals surface area contributed by atoms with Crippen LogP contribution in [-0.2, 0) is 19.7 Å². The Bertz CT molecular complexity index is 880. The highest BCUT2D eigenvalue weighted by Crippen LogP contribution is 2.37. The number of nitrogens with one attached hydrogen (secondary N) is 1. The van der Waals surface area contributed by atoms with Gasteiger partial charge in [0, 0.05) is 12.1 Å². The van der Waals surface area contributed by atoms with E-state index < -0.39 is 5.82 Å². The number of hydrogen-bond acceptors (Lipinski definition) is 4. The lowest BCUT2D eigenvalue weighted by Crippen LogP contribution is -2.12. The topological polar surface area (TPSA) is 43.6 Å². The second-order valence-corrected chi connectivity index (χ2v) is 6.60. The number of rotatable bonds is 8. The molecule has 142 valence electrons. The first-order valence-corrected chi connectivity index (χ1v) is 8.99. The number of ether oxygens (including phenoxy) is 2. The van der Waals surface area contributed by atoms with Crippen molar-refractivity contribution in [1.29, 1.82) is 0 Å². The van der Waals surface area contributed by atoms with E-state index in [1.165, 1.54) is 13.2 Å². The molecule has 3 aromatic rings. The Labute approximate surface area is 166 Å². The van der Waals surface area contributed by atoms with Gasteiger partial charge >= 0.3 is 0 Å². The molecule has 0 aliphatic rings. The van der Waals surface area contributed by atoms with Crippen molar-refractivity contribution in [2.75, 3.05) is 7.11 Å². The fraction of sp³-hybridized carbons (Fsp3) is 0.200. The van der Waals surface area contributed by atoms with Crippen LogP contribution >= 0.6 is 23.2 Å². The van der Waals surface area contributed by atoms with Crippen molar-refractivity contribution in [3.05, 3.63) is 81.5 Å². The van der Waals surface area contributed by atoms with Crippen molar-refractivity contribution in [2.45, 2.75) is 19.7 Å². The predicted molar refractivity (Wildman–Crippen MR) is 103 cm³/mol. The molecular formula is C20H18Cl2FNO3. The molecule has 0 atom stereocenters. The zero-order valence-corrected chi connectivity index (χ0v) is 16.1. The maximum absolute atomic E-state index is 13.9. The molecule has 0 spiro atoms. The summed E-state index contributed by atoms with van der Waals surface area (Å²) in [6.45, 7) is 1.10. The molecule has 3 rings (SSSR count). The van der Waals surface area contributed by atoms with Crippen molar-refractivity contribution in [2.24, 2.45) is 0 Å².